The third-order valence-electron chi connectivity index (χ3n) is 4.46. The molecule has 3 aromatic rings. The summed E-state index contributed by atoms with van der Waals surface area (Å²) in [6, 6.07) is 2.29. The molecule has 146 valence electrons. The van der Waals surface area contributed by atoms with Crippen molar-refractivity contribution < 1.29 is 15.0 Å². The first kappa shape index (κ1) is 19.3. The molecule has 3 rings (SSSR count). The Labute approximate surface area is 158 Å². The lowest BCUT2D eigenvalue weighted by Gasteiger charge is -2.10. The molecule has 0 bridgehead atoms. The number of phenolic OH excluding ortho intramolecular Hbond substituents is 1. The van der Waals surface area contributed by atoms with Crippen LogP contribution < -0.4 is 21.4 Å². The van der Waals surface area contributed by atoms with E-state index < -0.39 is 16.8 Å². The number of carboxylic acids is 1. The monoisotopic (exact) mass is 384 g/mol. The maximum Gasteiger partial charge on any atom is 0.337 e. The number of benzene rings is 2. The van der Waals surface area contributed by atoms with Crippen molar-refractivity contribution in [1.29, 1.82) is 0 Å². The van der Waals surface area contributed by atoms with E-state index in [-0.39, 0.29) is 44.2 Å². The van der Waals surface area contributed by atoms with E-state index in [1.807, 2.05) is 19.0 Å². The van der Waals surface area contributed by atoms with Crippen molar-refractivity contribution in [1.82, 2.24) is 20.2 Å². The largest absolute Gasteiger partial charge is 0.507 e. The lowest BCUT2D eigenvalue weighted by atomic mass is 10.1. The molecule has 0 aliphatic carbocycles. The predicted molar refractivity (Wildman–Crippen MR) is 106 cm³/mol. The van der Waals surface area contributed by atoms with Gasteiger partial charge in [-0.25, -0.2) is 9.78 Å². The Hall–Kier alpha value is -3.46. The Morgan fingerprint density at radius 2 is 1.96 bits per heavy atom. The van der Waals surface area contributed by atoms with E-state index in [4.69, 9.17) is 0 Å². The number of fused-ring (bicyclic) bond motifs is 2. The van der Waals surface area contributed by atoms with Gasteiger partial charge in [-0.05, 0) is 33.2 Å². The van der Waals surface area contributed by atoms with Gasteiger partial charge < -0.3 is 25.4 Å². The first-order valence-electron chi connectivity index (χ1n) is 8.56. The second kappa shape index (κ2) is 7.28. The van der Waals surface area contributed by atoms with Crippen LogP contribution in [0.25, 0.3) is 28.3 Å². The number of aromatic nitrogens is 2. The summed E-state index contributed by atoms with van der Waals surface area (Å²) < 4.78 is 0. The third kappa shape index (κ3) is 3.27. The lowest BCUT2D eigenvalue weighted by Crippen LogP contribution is -2.26. The van der Waals surface area contributed by atoms with Crippen LogP contribution in [-0.2, 0) is 0 Å². The normalized spacial score (nSPS) is 12.2. The molecule has 9 heteroatoms. The molecule has 0 atom stereocenters. The Morgan fingerprint density at radius 1 is 1.25 bits per heavy atom. The van der Waals surface area contributed by atoms with Crippen LogP contribution in [-0.4, -0.2) is 58.2 Å². The minimum absolute atomic E-state index is 0.0246. The van der Waals surface area contributed by atoms with Gasteiger partial charge in [-0.1, -0.05) is 0 Å². The van der Waals surface area contributed by atoms with E-state index in [9.17, 15) is 24.6 Å². The molecule has 0 unspecified atom stereocenters. The van der Waals surface area contributed by atoms with E-state index in [0.717, 1.165) is 12.6 Å². The average Bonchev–Trinajstić information content (AvgIpc) is 2.64. The number of phenols is 1. The Balaban J connectivity index is 2.38. The van der Waals surface area contributed by atoms with E-state index in [1.54, 1.807) is 0 Å². The summed E-state index contributed by atoms with van der Waals surface area (Å²) in [5.41, 5.74) is -1.09. The van der Waals surface area contributed by atoms with Crippen molar-refractivity contribution in [3.05, 3.63) is 48.9 Å². The molecule has 4 N–H and O–H groups in total. The molecule has 9 nitrogen and oxygen atoms in total. The van der Waals surface area contributed by atoms with Crippen LogP contribution in [0.2, 0.25) is 0 Å². The molecular weight excluding hydrogens is 364 g/mol. The number of aromatic carboxylic acids is 1. The van der Waals surface area contributed by atoms with Crippen molar-refractivity contribution in [2.75, 3.05) is 27.2 Å². The molecule has 1 aromatic heterocycles. The number of aromatic hydroxyl groups is 1. The number of rotatable bonds is 5. The highest BCUT2D eigenvalue weighted by Gasteiger charge is 2.17. The Bertz CT molecular complexity index is 1260. The van der Waals surface area contributed by atoms with Gasteiger partial charge in [0.1, 0.15) is 22.3 Å². The molecule has 0 fully saturated rings. The highest BCUT2D eigenvalue weighted by Crippen LogP contribution is 2.17. The smallest absolute Gasteiger partial charge is 0.337 e. The summed E-state index contributed by atoms with van der Waals surface area (Å²) in [6.07, 6.45) is 1.53. The van der Waals surface area contributed by atoms with Gasteiger partial charge in [-0.2, -0.15) is 0 Å². The molecule has 0 amide bonds. The second-order valence-electron chi connectivity index (χ2n) is 6.72. The quantitative estimate of drug-likeness (QED) is 0.350. The van der Waals surface area contributed by atoms with Crippen molar-refractivity contribution in [3.8, 4) is 5.75 Å². The van der Waals surface area contributed by atoms with Crippen LogP contribution in [0.1, 0.15) is 15.9 Å². The summed E-state index contributed by atoms with van der Waals surface area (Å²) in [4.78, 5) is 45.3. The molecule has 0 saturated heterocycles. The molecule has 0 aliphatic heterocycles. The summed E-state index contributed by atoms with van der Waals surface area (Å²) in [5.74, 6) is -1.49. The van der Waals surface area contributed by atoms with Gasteiger partial charge in [0.15, 0.2) is 0 Å². The highest BCUT2D eigenvalue weighted by molar-refractivity contribution is 6.02. The minimum atomic E-state index is -1.25. The van der Waals surface area contributed by atoms with Crippen LogP contribution in [0, 0.1) is 6.92 Å². The average molecular weight is 384 g/mol. The Kier molecular flexibility index (Phi) is 5.02. The number of hydrogen-bond acceptors (Lipinski definition) is 7. The second-order valence-corrected chi connectivity index (χ2v) is 6.72. The van der Waals surface area contributed by atoms with Crippen molar-refractivity contribution in [2.45, 2.75) is 6.92 Å². The number of likely N-dealkylation sites (N-methyl/N-ethyl adjacent to an activating group) is 1. The summed E-state index contributed by atoms with van der Waals surface area (Å²) >= 11 is 0. The number of nitrogens with one attached hydrogen (secondary N) is 2. The zero-order valence-electron chi connectivity index (χ0n) is 15.7. The van der Waals surface area contributed by atoms with E-state index in [1.165, 1.54) is 19.2 Å². The van der Waals surface area contributed by atoms with Gasteiger partial charge >= 0.3 is 5.97 Å². The summed E-state index contributed by atoms with van der Waals surface area (Å²) in [5, 5.41) is 23.1. The fraction of sp³-hybridized carbons (Fsp3) is 0.263. The van der Waals surface area contributed by atoms with E-state index in [0.29, 0.717) is 6.54 Å². The van der Waals surface area contributed by atoms with Gasteiger partial charge in [0.05, 0.1) is 16.3 Å². The molecule has 0 saturated carbocycles. The zero-order valence-corrected chi connectivity index (χ0v) is 15.7. The maximum atomic E-state index is 12.6. The fourth-order valence-corrected chi connectivity index (χ4v) is 2.91. The molecule has 28 heavy (non-hydrogen) atoms. The number of carboxylic acid groups (broad SMARTS) is 1. The number of carbonyl (C=O) groups is 1. The van der Waals surface area contributed by atoms with Crippen LogP contribution in [0.15, 0.2) is 21.7 Å². The first-order chi connectivity index (χ1) is 13.2. The molecule has 0 spiro atoms. The molecular formula is C19H20N4O5. The van der Waals surface area contributed by atoms with Gasteiger partial charge in [-0.15, -0.1) is 0 Å². The molecule has 1 heterocycles. The van der Waals surface area contributed by atoms with Gasteiger partial charge in [0.25, 0.3) is 0 Å². The van der Waals surface area contributed by atoms with Crippen molar-refractivity contribution in [3.63, 3.8) is 0 Å². The number of aromatic amines is 1. The summed E-state index contributed by atoms with van der Waals surface area (Å²) in [6.45, 7) is 2.79. The maximum absolute atomic E-state index is 12.6. The number of hydrogen-bond donors (Lipinski definition) is 4. The zero-order chi connectivity index (χ0) is 20.6. The van der Waals surface area contributed by atoms with Crippen molar-refractivity contribution in [2.24, 2.45) is 0 Å². The van der Waals surface area contributed by atoms with Crippen LogP contribution in [0.5, 0.6) is 5.75 Å². The van der Waals surface area contributed by atoms with Gasteiger partial charge in [0, 0.05) is 24.9 Å². The lowest BCUT2D eigenvalue weighted by molar-refractivity contribution is 0.0699. The van der Waals surface area contributed by atoms with Crippen LogP contribution in [0.3, 0.4) is 0 Å². The molecule has 0 aliphatic rings. The van der Waals surface area contributed by atoms with Crippen molar-refractivity contribution >= 4 is 34.2 Å². The first-order valence-corrected chi connectivity index (χ1v) is 8.56. The van der Waals surface area contributed by atoms with Gasteiger partial charge in [0.2, 0.25) is 10.9 Å². The highest BCUT2D eigenvalue weighted by atomic mass is 16.4. The standard InChI is InChI=1S/C19H20N4O5/c1-9-17(25)11(8-20-6-7-23(2)3)14-16(18(9)26)22-13-10(19(27)28)4-5-12(24)15(13)21-14/h4-5,8,20,22,25H,6-7H2,1-3H3,(H,27,28)/b11-8-. The predicted octanol–water partition coefficient (Wildman–Crippen LogP) is -0.243. The summed E-state index contributed by atoms with van der Waals surface area (Å²) in [7, 11) is 3.84. The number of H-pyrrole nitrogens is 1. The van der Waals surface area contributed by atoms with Crippen LogP contribution >= 0.6 is 0 Å². The Morgan fingerprint density at radius 3 is 2.61 bits per heavy atom. The number of nitrogens with zero attached hydrogens (tertiary/aromatic N) is 2. The topological polar surface area (TPSA) is 136 Å². The fourth-order valence-electron chi connectivity index (χ4n) is 2.91. The van der Waals surface area contributed by atoms with Crippen LogP contribution in [0.4, 0.5) is 0 Å². The van der Waals surface area contributed by atoms with E-state index in [2.05, 4.69) is 15.3 Å². The minimum Gasteiger partial charge on any atom is -0.507 e. The third-order valence-corrected chi connectivity index (χ3v) is 4.46. The van der Waals surface area contributed by atoms with Gasteiger partial charge in [-0.3, -0.25) is 9.59 Å². The van der Waals surface area contributed by atoms with E-state index >= 15 is 0 Å². The SMILES string of the molecule is Cc1c(O)/c(=C\NCCN(C)C)c2nc3c(=O)ccc(C(=O)O)c3[nH]c2c1=O. The molecule has 2 aromatic carbocycles. The molecule has 0 radical (unpaired) electrons.